The van der Waals surface area contributed by atoms with E-state index in [4.69, 9.17) is 0 Å². The van der Waals surface area contributed by atoms with Gasteiger partial charge in [-0.1, -0.05) is 0 Å². The Balaban J connectivity index is 2.68. The first-order chi connectivity index (χ1) is 3.41. The van der Waals surface area contributed by atoms with Crippen LogP contribution in [0.4, 0.5) is 0 Å². The van der Waals surface area contributed by atoms with Crippen molar-refractivity contribution in [3.63, 3.8) is 0 Å². The Labute approximate surface area is 48.7 Å². The van der Waals surface area contributed by atoms with Crippen LogP contribution in [0.1, 0.15) is 0 Å². The number of hydrogen-bond donors (Lipinski definition) is 0. The molecule has 0 spiro atoms. The van der Waals surface area contributed by atoms with Gasteiger partial charge in [0, 0.05) is 20.5 Å². The predicted molar refractivity (Wildman–Crippen MR) is 35.3 cm³/mol. The molecule has 2 atom stereocenters. The quantitative estimate of drug-likeness (QED) is 0.499. The smallest absolute Gasteiger partial charge is 0.0211 e. The summed E-state index contributed by atoms with van der Waals surface area (Å²) in [6.07, 6.45) is 0. The highest BCUT2D eigenvalue weighted by Gasteiger charge is 2.25. The molecule has 1 aliphatic rings. The van der Waals surface area contributed by atoms with Crippen LogP contribution >= 0.6 is 14.6 Å². The van der Waals surface area contributed by atoms with E-state index < -0.39 is 14.6 Å². The maximum Gasteiger partial charge on any atom is 0.0211 e. The molecule has 1 saturated heterocycles. The second-order valence-electron chi connectivity index (χ2n) is 2.33. The Morgan fingerprint density at radius 1 is 1.25 bits per heavy atom. The maximum atomic E-state index is 10.7. The third kappa shape index (κ3) is 1.22. The lowest BCUT2D eigenvalue weighted by molar-refractivity contribution is 0.571. The molecular formula is C3H8NO2P2-. The predicted octanol–water partition coefficient (Wildman–Crippen LogP) is 2.15. The summed E-state index contributed by atoms with van der Waals surface area (Å²) in [5.74, 6) is 0.347. The van der Waals surface area contributed by atoms with Crippen molar-refractivity contribution < 1.29 is 9.13 Å². The normalized spacial score (nSPS) is 55.2. The molecule has 0 aromatic rings. The van der Waals surface area contributed by atoms with E-state index in [1.165, 1.54) is 0 Å². The maximum absolute atomic E-state index is 10.7. The number of hydrogen-bond acceptors (Lipinski definition) is 2. The molecule has 1 rings (SSSR count). The molecule has 0 radical (unpaired) electrons. The zero-order valence-corrected chi connectivity index (χ0v) is 6.65. The first-order valence-corrected chi connectivity index (χ1v) is 6.88. The van der Waals surface area contributed by atoms with Gasteiger partial charge in [0.1, 0.15) is 0 Å². The van der Waals surface area contributed by atoms with Crippen molar-refractivity contribution in [3.8, 4) is 0 Å². The number of rotatable bonds is 0. The molecule has 48 valence electrons. The molecule has 3 nitrogen and oxygen atoms in total. The van der Waals surface area contributed by atoms with Crippen LogP contribution in [0.2, 0.25) is 0 Å². The summed E-state index contributed by atoms with van der Waals surface area (Å²) in [6, 6.07) is 0. The Morgan fingerprint density at radius 2 is 1.50 bits per heavy atom. The summed E-state index contributed by atoms with van der Waals surface area (Å²) in [6.45, 7) is 3.12. The van der Waals surface area contributed by atoms with E-state index >= 15 is 0 Å². The highest BCUT2D eigenvalue weighted by atomic mass is 31.3. The fourth-order valence-corrected chi connectivity index (χ4v) is 7.90. The lowest BCUT2D eigenvalue weighted by Crippen LogP contribution is -1.98. The van der Waals surface area contributed by atoms with Crippen LogP contribution < -0.4 is 0 Å². The molecule has 1 aliphatic heterocycles. The minimum absolute atomic E-state index is 0.347. The second-order valence-corrected chi connectivity index (χ2v) is 8.38. The fourth-order valence-electron chi connectivity index (χ4n) is 0.877. The van der Waals surface area contributed by atoms with Crippen LogP contribution in [0.5, 0.6) is 0 Å². The summed E-state index contributed by atoms with van der Waals surface area (Å²) >= 11 is 0. The van der Waals surface area contributed by atoms with Gasteiger partial charge in [0.15, 0.2) is 0 Å². The van der Waals surface area contributed by atoms with E-state index in [-0.39, 0.29) is 0 Å². The SMILES string of the molecule is CP1(=O)CP(C)(=O)[N-]1. The van der Waals surface area contributed by atoms with Crippen molar-refractivity contribution in [1.29, 1.82) is 0 Å². The molecule has 5 heteroatoms. The summed E-state index contributed by atoms with van der Waals surface area (Å²) < 4.78 is 21.5. The zero-order valence-electron chi connectivity index (χ0n) is 4.87. The molecule has 0 aromatic heterocycles. The van der Waals surface area contributed by atoms with E-state index in [1.54, 1.807) is 13.3 Å². The molecular weight excluding hydrogens is 144 g/mol. The zero-order chi connectivity index (χ0) is 6.41. The highest BCUT2D eigenvalue weighted by Crippen LogP contribution is 2.82. The van der Waals surface area contributed by atoms with Crippen molar-refractivity contribution in [2.24, 2.45) is 0 Å². The van der Waals surface area contributed by atoms with Crippen molar-refractivity contribution in [2.75, 3.05) is 19.2 Å². The lowest BCUT2D eigenvalue weighted by Gasteiger charge is -2.47. The van der Waals surface area contributed by atoms with Gasteiger partial charge in [-0.3, -0.25) is 0 Å². The molecule has 0 N–H and O–H groups in total. The molecule has 0 aromatic carbocycles. The standard InChI is InChI=1S/C3H8NO2P2/c1-7(5)3-8(2,6)4-7/h3H2,1-2H3/q-1. The van der Waals surface area contributed by atoms with Crippen molar-refractivity contribution in [3.05, 3.63) is 4.86 Å². The van der Waals surface area contributed by atoms with E-state index in [0.717, 1.165) is 0 Å². The van der Waals surface area contributed by atoms with Gasteiger partial charge >= 0.3 is 0 Å². The fraction of sp³-hybridized carbons (Fsp3) is 1.00. The Morgan fingerprint density at radius 3 is 1.50 bits per heavy atom. The van der Waals surface area contributed by atoms with Crippen LogP contribution in [0, 0.1) is 0 Å². The van der Waals surface area contributed by atoms with Crippen LogP contribution in [0.3, 0.4) is 0 Å². The monoisotopic (exact) mass is 152 g/mol. The highest BCUT2D eigenvalue weighted by molar-refractivity contribution is 7.99. The average Bonchev–Trinajstić information content (AvgIpc) is 1.20. The van der Waals surface area contributed by atoms with Gasteiger partial charge < -0.3 is 14.0 Å². The van der Waals surface area contributed by atoms with E-state index in [9.17, 15) is 9.13 Å². The molecule has 0 amide bonds. The Kier molecular flexibility index (Phi) is 1.20. The Hall–Kier alpha value is 0.420. The van der Waals surface area contributed by atoms with Gasteiger partial charge in [-0.05, 0) is 13.3 Å². The average molecular weight is 152 g/mol. The minimum atomic E-state index is -2.23. The van der Waals surface area contributed by atoms with Gasteiger partial charge in [0.05, 0.1) is 0 Å². The molecule has 0 bridgehead atoms. The molecule has 1 heterocycles. The van der Waals surface area contributed by atoms with Gasteiger partial charge in [0.2, 0.25) is 0 Å². The van der Waals surface area contributed by atoms with Crippen LogP contribution in [0.25, 0.3) is 4.86 Å². The summed E-state index contributed by atoms with van der Waals surface area (Å²) in [4.78, 5) is 3.60. The van der Waals surface area contributed by atoms with Gasteiger partial charge in [-0.2, -0.15) is 0 Å². The van der Waals surface area contributed by atoms with Crippen LogP contribution in [0.15, 0.2) is 0 Å². The van der Waals surface area contributed by atoms with Crippen molar-refractivity contribution in [2.45, 2.75) is 0 Å². The van der Waals surface area contributed by atoms with E-state index in [1.807, 2.05) is 0 Å². The van der Waals surface area contributed by atoms with Gasteiger partial charge in [0.25, 0.3) is 0 Å². The van der Waals surface area contributed by atoms with Crippen molar-refractivity contribution in [1.82, 2.24) is 0 Å². The molecule has 0 saturated carbocycles. The van der Waals surface area contributed by atoms with Crippen LogP contribution in [-0.4, -0.2) is 19.2 Å². The topological polar surface area (TPSA) is 48.2 Å². The first kappa shape index (κ1) is 6.54. The summed E-state index contributed by atoms with van der Waals surface area (Å²) in [5.41, 5.74) is 0. The van der Waals surface area contributed by atoms with Gasteiger partial charge in [-0.25, -0.2) is 0 Å². The third-order valence-electron chi connectivity index (χ3n) is 0.903. The Bertz CT molecular complexity index is 165. The largest absolute Gasteiger partial charge is 0.543 e. The van der Waals surface area contributed by atoms with Crippen LogP contribution in [-0.2, 0) is 9.13 Å². The molecule has 0 aliphatic carbocycles. The third-order valence-corrected chi connectivity index (χ3v) is 8.13. The van der Waals surface area contributed by atoms with Gasteiger partial charge in [-0.15, -0.1) is 0 Å². The lowest BCUT2D eigenvalue weighted by atomic mass is 11.8. The molecule has 1 fully saturated rings. The molecule has 2 unspecified atom stereocenters. The minimum Gasteiger partial charge on any atom is -0.543 e. The first-order valence-electron chi connectivity index (χ1n) is 2.29. The summed E-state index contributed by atoms with van der Waals surface area (Å²) in [5, 5.41) is 0. The van der Waals surface area contributed by atoms with E-state index in [0.29, 0.717) is 5.90 Å². The molecule has 8 heavy (non-hydrogen) atoms. The van der Waals surface area contributed by atoms with Crippen molar-refractivity contribution >= 4 is 14.6 Å². The summed E-state index contributed by atoms with van der Waals surface area (Å²) in [7, 11) is -4.45. The second kappa shape index (κ2) is 1.47. The van der Waals surface area contributed by atoms with E-state index in [2.05, 4.69) is 4.86 Å². The number of nitrogens with zero attached hydrogens (tertiary/aromatic N) is 1.